The van der Waals surface area contributed by atoms with Gasteiger partial charge in [0.1, 0.15) is 10.7 Å². The number of hydrogen-bond acceptors (Lipinski definition) is 2. The van der Waals surface area contributed by atoms with Crippen molar-refractivity contribution in [3.8, 4) is 0 Å². The van der Waals surface area contributed by atoms with Gasteiger partial charge in [-0.3, -0.25) is 4.72 Å². The Hall–Kier alpha value is -1.30. The van der Waals surface area contributed by atoms with Crippen molar-refractivity contribution < 1.29 is 12.8 Å². The van der Waals surface area contributed by atoms with Crippen molar-refractivity contribution in [2.75, 3.05) is 4.72 Å². The average molecular weight is 320 g/mol. The molecule has 7 heteroatoms. The molecule has 0 unspecified atom stereocenters. The molecule has 2 aromatic carbocycles. The molecule has 0 atom stereocenters. The molecule has 0 bridgehead atoms. The monoisotopic (exact) mass is 319 g/mol. The minimum absolute atomic E-state index is 0.00763. The SMILES string of the molecule is O=S(=O)(Nc1ccccc1F)c1cc(Cl)ccc1Cl. The Kier molecular flexibility index (Phi) is 3.99. The first-order chi connectivity index (χ1) is 8.90. The van der Waals surface area contributed by atoms with Crippen molar-refractivity contribution in [2.45, 2.75) is 4.90 Å². The fraction of sp³-hybridized carbons (Fsp3) is 0. The fourth-order valence-corrected chi connectivity index (χ4v) is 3.26. The van der Waals surface area contributed by atoms with Crippen LogP contribution >= 0.6 is 23.2 Å². The van der Waals surface area contributed by atoms with Crippen LogP contribution < -0.4 is 4.72 Å². The van der Waals surface area contributed by atoms with Gasteiger partial charge in [0.25, 0.3) is 10.0 Å². The van der Waals surface area contributed by atoms with Crippen LogP contribution in [0.5, 0.6) is 0 Å². The third kappa shape index (κ3) is 3.18. The van der Waals surface area contributed by atoms with Crippen LogP contribution in [0.25, 0.3) is 0 Å². The molecule has 0 amide bonds. The van der Waals surface area contributed by atoms with Crippen LogP contribution in [-0.2, 0) is 10.0 Å². The molecule has 100 valence electrons. The van der Waals surface area contributed by atoms with Gasteiger partial charge >= 0.3 is 0 Å². The average Bonchev–Trinajstić information content (AvgIpc) is 2.35. The van der Waals surface area contributed by atoms with Gasteiger partial charge in [-0.25, -0.2) is 12.8 Å². The molecule has 19 heavy (non-hydrogen) atoms. The van der Waals surface area contributed by atoms with Crippen molar-refractivity contribution in [1.29, 1.82) is 0 Å². The van der Waals surface area contributed by atoms with E-state index in [0.717, 1.165) is 6.07 Å². The predicted molar refractivity (Wildman–Crippen MR) is 73.7 cm³/mol. The molecular formula is C12H8Cl2FNO2S. The smallest absolute Gasteiger partial charge is 0.263 e. The van der Waals surface area contributed by atoms with Gasteiger partial charge in [0, 0.05) is 5.02 Å². The van der Waals surface area contributed by atoms with Crippen LogP contribution in [-0.4, -0.2) is 8.42 Å². The second-order valence-corrected chi connectivity index (χ2v) is 6.15. The zero-order valence-electron chi connectivity index (χ0n) is 9.40. The van der Waals surface area contributed by atoms with Crippen LogP contribution in [0, 0.1) is 5.82 Å². The topological polar surface area (TPSA) is 46.2 Å². The first-order valence-electron chi connectivity index (χ1n) is 5.12. The first-order valence-corrected chi connectivity index (χ1v) is 7.36. The Morgan fingerprint density at radius 1 is 1.05 bits per heavy atom. The van der Waals surface area contributed by atoms with Gasteiger partial charge in [-0.05, 0) is 30.3 Å². The van der Waals surface area contributed by atoms with E-state index in [9.17, 15) is 12.8 Å². The zero-order chi connectivity index (χ0) is 14.0. The Morgan fingerprint density at radius 3 is 2.42 bits per heavy atom. The minimum atomic E-state index is -4.00. The molecule has 0 aliphatic rings. The van der Waals surface area contributed by atoms with Crippen LogP contribution in [0.1, 0.15) is 0 Å². The maximum Gasteiger partial charge on any atom is 0.263 e. The van der Waals surface area contributed by atoms with Gasteiger partial charge in [0.05, 0.1) is 10.7 Å². The molecule has 0 radical (unpaired) electrons. The summed E-state index contributed by atoms with van der Waals surface area (Å²) in [6, 6.07) is 9.46. The Bertz CT molecular complexity index is 719. The summed E-state index contributed by atoms with van der Waals surface area (Å²) in [5.41, 5.74) is -0.154. The molecule has 1 N–H and O–H groups in total. The normalized spacial score (nSPS) is 11.3. The second-order valence-electron chi connectivity index (χ2n) is 3.66. The Labute approximate surface area is 120 Å². The van der Waals surface area contributed by atoms with Crippen LogP contribution in [0.4, 0.5) is 10.1 Å². The van der Waals surface area contributed by atoms with Crippen LogP contribution in [0.15, 0.2) is 47.4 Å². The van der Waals surface area contributed by atoms with E-state index in [1.807, 2.05) is 0 Å². The first kappa shape index (κ1) is 14.1. The van der Waals surface area contributed by atoms with E-state index in [4.69, 9.17) is 23.2 Å². The van der Waals surface area contributed by atoms with Gasteiger partial charge in [-0.1, -0.05) is 35.3 Å². The number of sulfonamides is 1. The van der Waals surface area contributed by atoms with Crippen molar-refractivity contribution in [1.82, 2.24) is 0 Å². The molecule has 2 rings (SSSR count). The molecule has 0 aliphatic heterocycles. The zero-order valence-corrected chi connectivity index (χ0v) is 11.7. The van der Waals surface area contributed by atoms with Gasteiger partial charge < -0.3 is 0 Å². The summed E-state index contributed by atoms with van der Waals surface area (Å²) in [6.45, 7) is 0. The number of halogens is 3. The number of para-hydroxylation sites is 1. The molecule has 0 spiro atoms. The maximum atomic E-state index is 13.4. The lowest BCUT2D eigenvalue weighted by atomic mass is 10.3. The molecule has 2 aromatic rings. The maximum absolute atomic E-state index is 13.4. The lowest BCUT2D eigenvalue weighted by Crippen LogP contribution is -2.14. The number of benzene rings is 2. The van der Waals surface area contributed by atoms with E-state index in [0.29, 0.717) is 0 Å². The van der Waals surface area contributed by atoms with E-state index in [1.165, 1.54) is 36.4 Å². The summed E-state index contributed by atoms with van der Waals surface area (Å²) in [5.74, 6) is -0.677. The number of nitrogens with one attached hydrogen (secondary N) is 1. The molecule has 0 fully saturated rings. The van der Waals surface area contributed by atoms with Crippen LogP contribution in [0.2, 0.25) is 10.0 Å². The van der Waals surface area contributed by atoms with Crippen molar-refractivity contribution in [3.63, 3.8) is 0 Å². The highest BCUT2D eigenvalue weighted by molar-refractivity contribution is 7.92. The van der Waals surface area contributed by atoms with Crippen molar-refractivity contribution >= 4 is 38.9 Å². The number of rotatable bonds is 3. The summed E-state index contributed by atoms with van der Waals surface area (Å²) >= 11 is 11.5. The van der Waals surface area contributed by atoms with Gasteiger partial charge in [-0.2, -0.15) is 0 Å². The standard InChI is InChI=1S/C12H8Cl2FNO2S/c13-8-5-6-9(14)12(7-8)19(17,18)16-11-4-2-1-3-10(11)15/h1-7,16H. The van der Waals surface area contributed by atoms with Gasteiger partial charge in [-0.15, -0.1) is 0 Å². The third-order valence-electron chi connectivity index (χ3n) is 2.30. The lowest BCUT2D eigenvalue weighted by Gasteiger charge is -2.10. The van der Waals surface area contributed by atoms with E-state index >= 15 is 0 Å². The van der Waals surface area contributed by atoms with E-state index in [2.05, 4.69) is 4.72 Å². The predicted octanol–water partition coefficient (Wildman–Crippen LogP) is 3.93. The van der Waals surface area contributed by atoms with Crippen LogP contribution in [0.3, 0.4) is 0 Å². The molecular weight excluding hydrogens is 312 g/mol. The molecule has 0 saturated heterocycles. The Balaban J connectivity index is 2.44. The van der Waals surface area contributed by atoms with Gasteiger partial charge in [0.2, 0.25) is 0 Å². The highest BCUT2D eigenvalue weighted by Crippen LogP contribution is 2.27. The summed E-state index contributed by atoms with van der Waals surface area (Å²) in [5, 5.41) is 0.228. The molecule has 3 nitrogen and oxygen atoms in total. The second kappa shape index (κ2) is 5.36. The summed E-state index contributed by atoms with van der Waals surface area (Å²) in [6.07, 6.45) is 0. The molecule has 0 aromatic heterocycles. The quantitative estimate of drug-likeness (QED) is 0.931. The summed E-state index contributed by atoms with van der Waals surface area (Å²) in [7, 11) is -4.00. The molecule has 0 saturated carbocycles. The minimum Gasteiger partial charge on any atom is -0.277 e. The lowest BCUT2D eigenvalue weighted by molar-refractivity contribution is 0.598. The molecule has 0 heterocycles. The summed E-state index contributed by atoms with van der Waals surface area (Å²) in [4.78, 5) is -0.204. The number of anilines is 1. The number of hydrogen-bond donors (Lipinski definition) is 1. The van der Waals surface area contributed by atoms with E-state index < -0.39 is 15.8 Å². The van der Waals surface area contributed by atoms with Crippen molar-refractivity contribution in [2.24, 2.45) is 0 Å². The van der Waals surface area contributed by atoms with E-state index in [1.54, 1.807) is 0 Å². The molecule has 0 aliphatic carbocycles. The van der Waals surface area contributed by atoms with Gasteiger partial charge in [0.15, 0.2) is 0 Å². The largest absolute Gasteiger partial charge is 0.277 e. The van der Waals surface area contributed by atoms with E-state index in [-0.39, 0.29) is 20.6 Å². The summed E-state index contributed by atoms with van der Waals surface area (Å²) < 4.78 is 39.8. The third-order valence-corrected chi connectivity index (χ3v) is 4.38. The highest BCUT2D eigenvalue weighted by Gasteiger charge is 2.19. The Morgan fingerprint density at radius 2 is 1.74 bits per heavy atom. The fourth-order valence-electron chi connectivity index (χ4n) is 1.43. The highest BCUT2D eigenvalue weighted by atomic mass is 35.5. The van der Waals surface area contributed by atoms with Crippen molar-refractivity contribution in [3.05, 3.63) is 58.3 Å².